The third-order valence-electron chi connectivity index (χ3n) is 3.20. The lowest BCUT2D eigenvalue weighted by Gasteiger charge is -2.15. The summed E-state index contributed by atoms with van der Waals surface area (Å²) in [4.78, 5) is 4.03. The predicted molar refractivity (Wildman–Crippen MR) is 72.3 cm³/mol. The number of hydrogen-bond acceptors (Lipinski definition) is 2. The quantitative estimate of drug-likeness (QED) is 0.802. The Morgan fingerprint density at radius 1 is 1.47 bits per heavy atom. The van der Waals surface area contributed by atoms with Crippen molar-refractivity contribution in [2.24, 2.45) is 11.7 Å². The number of pyridine rings is 1. The predicted octanol–water partition coefficient (Wildman–Crippen LogP) is 2.94. The van der Waals surface area contributed by atoms with Crippen LogP contribution in [0.2, 0.25) is 0 Å². The summed E-state index contributed by atoms with van der Waals surface area (Å²) in [6, 6.07) is 4.15. The van der Waals surface area contributed by atoms with E-state index >= 15 is 0 Å². The van der Waals surface area contributed by atoms with Crippen LogP contribution in [0.25, 0.3) is 5.57 Å². The minimum atomic E-state index is 0.119. The Kier molecular flexibility index (Phi) is 3.55. The second kappa shape index (κ2) is 5.11. The van der Waals surface area contributed by atoms with Crippen LogP contribution in [0.5, 0.6) is 0 Å². The Labute approximate surface area is 103 Å². The standard InChI is InChI=1S/C15H18N2/c1-3-11-9-13(10-14(11)15(16)4-2)12-5-7-17-8-6-12/h3,5-11,15H,1,4,16H2,2H3. The van der Waals surface area contributed by atoms with Crippen LogP contribution in [-0.2, 0) is 0 Å². The summed E-state index contributed by atoms with van der Waals surface area (Å²) in [5.74, 6) is 0.271. The summed E-state index contributed by atoms with van der Waals surface area (Å²) >= 11 is 0. The fourth-order valence-electron chi connectivity index (χ4n) is 2.13. The van der Waals surface area contributed by atoms with Crippen molar-refractivity contribution in [3.63, 3.8) is 0 Å². The maximum Gasteiger partial charge on any atom is 0.0273 e. The van der Waals surface area contributed by atoms with Gasteiger partial charge in [-0.25, -0.2) is 0 Å². The van der Waals surface area contributed by atoms with Crippen LogP contribution >= 0.6 is 0 Å². The summed E-state index contributed by atoms with van der Waals surface area (Å²) < 4.78 is 0. The van der Waals surface area contributed by atoms with Gasteiger partial charge in [-0.1, -0.05) is 25.2 Å². The van der Waals surface area contributed by atoms with Crippen LogP contribution in [0, 0.1) is 5.92 Å². The largest absolute Gasteiger partial charge is 0.324 e. The highest BCUT2D eigenvalue weighted by molar-refractivity contribution is 5.78. The molecule has 2 N–H and O–H groups in total. The molecule has 0 bridgehead atoms. The minimum Gasteiger partial charge on any atom is -0.324 e. The Bertz CT molecular complexity index is 457. The first-order chi connectivity index (χ1) is 8.26. The summed E-state index contributed by atoms with van der Waals surface area (Å²) in [7, 11) is 0. The minimum absolute atomic E-state index is 0.119. The third kappa shape index (κ3) is 2.37. The van der Waals surface area contributed by atoms with E-state index in [2.05, 4.69) is 30.6 Å². The monoisotopic (exact) mass is 226 g/mol. The molecule has 88 valence electrons. The average molecular weight is 226 g/mol. The second-order valence-corrected chi connectivity index (χ2v) is 4.28. The Morgan fingerprint density at radius 2 is 2.18 bits per heavy atom. The highest BCUT2D eigenvalue weighted by atomic mass is 14.6. The zero-order valence-corrected chi connectivity index (χ0v) is 10.1. The van der Waals surface area contributed by atoms with E-state index < -0.39 is 0 Å². The molecule has 1 aromatic heterocycles. The van der Waals surface area contributed by atoms with Crippen LogP contribution < -0.4 is 5.73 Å². The van der Waals surface area contributed by atoms with Crippen LogP contribution in [0.15, 0.2) is 54.9 Å². The van der Waals surface area contributed by atoms with Crippen LogP contribution in [0.3, 0.4) is 0 Å². The fourth-order valence-corrected chi connectivity index (χ4v) is 2.13. The molecule has 17 heavy (non-hydrogen) atoms. The molecular formula is C15H18N2. The average Bonchev–Trinajstić information content (AvgIpc) is 2.83. The third-order valence-corrected chi connectivity index (χ3v) is 3.20. The van der Waals surface area contributed by atoms with Crippen molar-refractivity contribution in [2.45, 2.75) is 19.4 Å². The van der Waals surface area contributed by atoms with Crippen molar-refractivity contribution in [3.8, 4) is 0 Å². The molecule has 0 saturated heterocycles. The Balaban J connectivity index is 2.32. The van der Waals surface area contributed by atoms with Gasteiger partial charge in [0.05, 0.1) is 0 Å². The first-order valence-electron chi connectivity index (χ1n) is 5.98. The van der Waals surface area contributed by atoms with Crippen LogP contribution in [0.4, 0.5) is 0 Å². The Morgan fingerprint density at radius 3 is 2.76 bits per heavy atom. The van der Waals surface area contributed by atoms with E-state index in [4.69, 9.17) is 5.73 Å². The first kappa shape index (κ1) is 11.8. The molecule has 2 rings (SSSR count). The van der Waals surface area contributed by atoms with Crippen LogP contribution in [0.1, 0.15) is 18.9 Å². The molecule has 0 aliphatic heterocycles. The summed E-state index contributed by atoms with van der Waals surface area (Å²) in [5, 5.41) is 0. The molecule has 2 nitrogen and oxygen atoms in total. The normalized spacial score (nSPS) is 20.7. The lowest BCUT2D eigenvalue weighted by atomic mass is 9.95. The van der Waals surface area contributed by atoms with Gasteiger partial charge in [0.25, 0.3) is 0 Å². The van der Waals surface area contributed by atoms with Gasteiger partial charge >= 0.3 is 0 Å². The summed E-state index contributed by atoms with van der Waals surface area (Å²) in [5.41, 5.74) is 9.79. The van der Waals surface area contributed by atoms with Crippen molar-refractivity contribution in [1.82, 2.24) is 4.98 Å². The SMILES string of the molecule is C=CC1C=C(c2ccncc2)C=C1C(N)CC. The zero-order chi connectivity index (χ0) is 12.3. The number of hydrogen-bond donors (Lipinski definition) is 1. The van der Waals surface area contributed by atoms with Gasteiger partial charge in [0.2, 0.25) is 0 Å². The van der Waals surface area contributed by atoms with E-state index in [1.807, 2.05) is 30.6 Å². The van der Waals surface area contributed by atoms with Gasteiger partial charge in [-0.3, -0.25) is 4.98 Å². The van der Waals surface area contributed by atoms with Crippen molar-refractivity contribution in [3.05, 3.63) is 60.5 Å². The van der Waals surface area contributed by atoms with Crippen molar-refractivity contribution in [1.29, 1.82) is 0 Å². The lowest BCUT2D eigenvalue weighted by Crippen LogP contribution is -2.23. The van der Waals surface area contributed by atoms with Gasteiger partial charge < -0.3 is 5.73 Å². The summed E-state index contributed by atoms with van der Waals surface area (Å²) in [6.07, 6.45) is 10.9. The molecule has 1 heterocycles. The molecule has 0 radical (unpaired) electrons. The highest BCUT2D eigenvalue weighted by Gasteiger charge is 2.21. The van der Waals surface area contributed by atoms with Gasteiger partial charge in [0, 0.05) is 24.4 Å². The van der Waals surface area contributed by atoms with Gasteiger partial charge in [0.1, 0.15) is 0 Å². The smallest absolute Gasteiger partial charge is 0.0273 e. The zero-order valence-electron chi connectivity index (χ0n) is 10.1. The highest BCUT2D eigenvalue weighted by Crippen LogP contribution is 2.32. The molecule has 0 amide bonds. The van der Waals surface area contributed by atoms with E-state index in [9.17, 15) is 0 Å². The lowest BCUT2D eigenvalue weighted by molar-refractivity contribution is 0.694. The molecule has 2 heteroatoms. The number of nitrogens with zero attached hydrogens (tertiary/aromatic N) is 1. The number of allylic oxidation sites excluding steroid dienone is 4. The van der Waals surface area contributed by atoms with Gasteiger partial charge in [-0.15, -0.1) is 6.58 Å². The van der Waals surface area contributed by atoms with Crippen molar-refractivity contribution in [2.75, 3.05) is 0 Å². The summed E-state index contributed by atoms with van der Waals surface area (Å²) in [6.45, 7) is 5.99. The van der Waals surface area contributed by atoms with E-state index in [1.54, 1.807) is 0 Å². The van der Waals surface area contributed by atoms with E-state index in [0.29, 0.717) is 0 Å². The molecule has 2 atom stereocenters. The van der Waals surface area contributed by atoms with Gasteiger partial charge in [-0.2, -0.15) is 0 Å². The molecular weight excluding hydrogens is 208 g/mol. The fraction of sp³-hybridized carbons (Fsp3) is 0.267. The molecule has 0 aromatic carbocycles. The maximum atomic E-state index is 6.12. The first-order valence-corrected chi connectivity index (χ1v) is 5.98. The molecule has 0 spiro atoms. The molecule has 1 aliphatic rings. The number of rotatable bonds is 4. The number of aromatic nitrogens is 1. The molecule has 1 aliphatic carbocycles. The maximum absolute atomic E-state index is 6.12. The van der Waals surface area contributed by atoms with E-state index in [-0.39, 0.29) is 12.0 Å². The van der Waals surface area contributed by atoms with Crippen molar-refractivity contribution >= 4 is 5.57 Å². The van der Waals surface area contributed by atoms with E-state index in [0.717, 1.165) is 6.42 Å². The molecule has 1 aromatic rings. The topological polar surface area (TPSA) is 38.9 Å². The molecule has 2 unspecified atom stereocenters. The Hall–Kier alpha value is -1.67. The van der Waals surface area contributed by atoms with Gasteiger partial charge in [-0.05, 0) is 35.3 Å². The van der Waals surface area contributed by atoms with E-state index in [1.165, 1.54) is 16.7 Å². The van der Waals surface area contributed by atoms with Crippen LogP contribution in [-0.4, -0.2) is 11.0 Å². The van der Waals surface area contributed by atoms with Gasteiger partial charge in [0.15, 0.2) is 0 Å². The second-order valence-electron chi connectivity index (χ2n) is 4.28. The molecule has 0 fully saturated rings. The van der Waals surface area contributed by atoms with Crippen molar-refractivity contribution < 1.29 is 0 Å². The molecule has 0 saturated carbocycles. The number of nitrogens with two attached hydrogens (primary N) is 1.